The predicted octanol–water partition coefficient (Wildman–Crippen LogP) is 2.21. The second-order valence-corrected chi connectivity index (χ2v) is 3.76. The fourth-order valence-electron chi connectivity index (χ4n) is 1.98. The summed E-state index contributed by atoms with van der Waals surface area (Å²) in [6, 6.07) is 0. The molecule has 1 fully saturated rings. The number of hydrogen-bond acceptors (Lipinski definition) is 1. The normalized spacial score (nSPS) is 18.7. The van der Waals surface area contributed by atoms with E-state index in [-0.39, 0.29) is 5.91 Å². The zero-order valence-electron chi connectivity index (χ0n) is 8.46. The molecule has 0 aromatic heterocycles. The third kappa shape index (κ3) is 2.87. The highest BCUT2D eigenvalue weighted by Gasteiger charge is 2.20. The summed E-state index contributed by atoms with van der Waals surface area (Å²) in [6.07, 6.45) is 6.34. The van der Waals surface area contributed by atoms with E-state index in [0.717, 1.165) is 19.0 Å². The van der Waals surface area contributed by atoms with Crippen LogP contribution in [0.25, 0.3) is 0 Å². The number of hydrogen-bond donors (Lipinski definition) is 0. The van der Waals surface area contributed by atoms with Crippen LogP contribution in [0.3, 0.4) is 0 Å². The van der Waals surface area contributed by atoms with Gasteiger partial charge in [0.2, 0.25) is 5.91 Å². The van der Waals surface area contributed by atoms with Crippen LogP contribution >= 0.6 is 0 Å². The monoisotopic (exact) mass is 181 g/mol. The molecule has 0 bridgehead atoms. The maximum atomic E-state index is 11.2. The minimum absolute atomic E-state index is 0.0925. The summed E-state index contributed by atoms with van der Waals surface area (Å²) in [5.41, 5.74) is 0. The lowest BCUT2D eigenvalue weighted by atomic mass is 9.92. The highest BCUT2D eigenvalue weighted by atomic mass is 16.2. The van der Waals surface area contributed by atoms with Gasteiger partial charge >= 0.3 is 0 Å². The molecule has 1 amide bonds. The van der Waals surface area contributed by atoms with Gasteiger partial charge in [-0.3, -0.25) is 4.79 Å². The molecule has 0 radical (unpaired) electrons. The van der Waals surface area contributed by atoms with Crippen LogP contribution in [0.4, 0.5) is 0 Å². The van der Waals surface area contributed by atoms with Gasteiger partial charge in [0.05, 0.1) is 0 Å². The van der Waals surface area contributed by atoms with Crippen molar-refractivity contribution in [2.24, 2.45) is 5.92 Å². The van der Waals surface area contributed by atoms with Crippen LogP contribution in [-0.4, -0.2) is 23.9 Å². The molecule has 0 aromatic carbocycles. The summed E-state index contributed by atoms with van der Waals surface area (Å²) in [6.45, 7) is 7.58. The number of amides is 1. The molecule has 1 rings (SSSR count). The Morgan fingerprint density at radius 3 is 2.62 bits per heavy atom. The molecule has 0 aromatic rings. The Morgan fingerprint density at radius 1 is 1.54 bits per heavy atom. The molecule has 2 heteroatoms. The van der Waals surface area contributed by atoms with Crippen LogP contribution in [-0.2, 0) is 4.79 Å². The quantitative estimate of drug-likeness (QED) is 0.611. The van der Waals surface area contributed by atoms with Crippen LogP contribution in [0.5, 0.6) is 0 Å². The first kappa shape index (κ1) is 10.3. The molecule has 0 unspecified atom stereocenters. The zero-order valence-corrected chi connectivity index (χ0v) is 8.46. The first-order valence-electron chi connectivity index (χ1n) is 5.19. The van der Waals surface area contributed by atoms with E-state index in [0.29, 0.717) is 0 Å². The number of nitrogens with zero attached hydrogens (tertiary/aromatic N) is 1. The van der Waals surface area contributed by atoms with Crippen molar-refractivity contribution >= 4 is 5.91 Å². The minimum atomic E-state index is 0.0925. The van der Waals surface area contributed by atoms with Crippen molar-refractivity contribution in [2.45, 2.75) is 32.6 Å². The summed E-state index contributed by atoms with van der Waals surface area (Å²) in [4.78, 5) is 13.1. The molecule has 13 heavy (non-hydrogen) atoms. The summed E-state index contributed by atoms with van der Waals surface area (Å²) in [7, 11) is 0. The summed E-state index contributed by atoms with van der Waals surface area (Å²) in [5.74, 6) is 0.939. The van der Waals surface area contributed by atoms with E-state index in [2.05, 4.69) is 13.5 Å². The Balaban J connectivity index is 2.30. The lowest BCUT2D eigenvalue weighted by molar-refractivity contribution is -0.127. The molecular formula is C11H19NO. The second-order valence-electron chi connectivity index (χ2n) is 3.76. The van der Waals surface area contributed by atoms with Gasteiger partial charge in [-0.15, -0.1) is 0 Å². The lowest BCUT2D eigenvalue weighted by Crippen LogP contribution is -2.37. The first-order chi connectivity index (χ1) is 6.27. The number of likely N-dealkylation sites (tertiary alicyclic amines) is 1. The van der Waals surface area contributed by atoms with Crippen LogP contribution < -0.4 is 0 Å². The van der Waals surface area contributed by atoms with Crippen LogP contribution in [0.15, 0.2) is 12.7 Å². The van der Waals surface area contributed by atoms with Crippen molar-refractivity contribution in [3.8, 4) is 0 Å². The molecule has 1 saturated heterocycles. The fourth-order valence-corrected chi connectivity index (χ4v) is 1.98. The van der Waals surface area contributed by atoms with Gasteiger partial charge in [0, 0.05) is 13.1 Å². The summed E-state index contributed by atoms with van der Waals surface area (Å²) < 4.78 is 0. The van der Waals surface area contributed by atoms with Crippen LogP contribution in [0, 0.1) is 5.92 Å². The average Bonchev–Trinajstić information content (AvgIpc) is 2.18. The number of carbonyl (C=O) groups excluding carboxylic acids is 1. The van der Waals surface area contributed by atoms with Crippen molar-refractivity contribution in [2.75, 3.05) is 13.1 Å². The van der Waals surface area contributed by atoms with E-state index in [1.54, 1.807) is 0 Å². The maximum absolute atomic E-state index is 11.2. The van der Waals surface area contributed by atoms with Gasteiger partial charge in [-0.05, 0) is 24.8 Å². The molecular weight excluding hydrogens is 162 g/mol. The van der Waals surface area contributed by atoms with Crippen molar-refractivity contribution < 1.29 is 4.79 Å². The number of carbonyl (C=O) groups is 1. The van der Waals surface area contributed by atoms with Crippen molar-refractivity contribution in [1.29, 1.82) is 0 Å². The fraction of sp³-hybridized carbons (Fsp3) is 0.727. The highest BCUT2D eigenvalue weighted by Crippen LogP contribution is 2.21. The van der Waals surface area contributed by atoms with Gasteiger partial charge in [0.15, 0.2) is 0 Å². The average molecular weight is 181 g/mol. The topological polar surface area (TPSA) is 20.3 Å². The smallest absolute Gasteiger partial charge is 0.245 e. The number of rotatable bonds is 3. The molecule has 1 aliphatic rings. The summed E-state index contributed by atoms with van der Waals surface area (Å²) in [5, 5.41) is 0. The molecule has 74 valence electrons. The second kappa shape index (κ2) is 5.05. The van der Waals surface area contributed by atoms with Gasteiger partial charge in [0.1, 0.15) is 0 Å². The molecule has 1 heterocycles. The Morgan fingerprint density at radius 2 is 2.15 bits per heavy atom. The standard InChI is InChI=1S/C11H19NO/c1-3-5-10-6-8-12(9-7-10)11(13)4-2/h4,10H,2-3,5-9H2,1H3. The first-order valence-corrected chi connectivity index (χ1v) is 5.19. The van der Waals surface area contributed by atoms with Crippen LogP contribution in [0.2, 0.25) is 0 Å². The molecule has 0 aliphatic carbocycles. The molecule has 2 nitrogen and oxygen atoms in total. The predicted molar refractivity (Wildman–Crippen MR) is 54.4 cm³/mol. The lowest BCUT2D eigenvalue weighted by Gasteiger charge is -2.31. The highest BCUT2D eigenvalue weighted by molar-refractivity contribution is 5.87. The van der Waals surface area contributed by atoms with Gasteiger partial charge in [-0.1, -0.05) is 26.3 Å². The van der Waals surface area contributed by atoms with E-state index < -0.39 is 0 Å². The van der Waals surface area contributed by atoms with E-state index in [1.165, 1.54) is 31.8 Å². The number of piperidine rings is 1. The molecule has 1 aliphatic heterocycles. The van der Waals surface area contributed by atoms with Crippen LogP contribution in [0.1, 0.15) is 32.6 Å². The van der Waals surface area contributed by atoms with Gasteiger partial charge in [-0.2, -0.15) is 0 Å². The third-order valence-corrected chi connectivity index (χ3v) is 2.80. The maximum Gasteiger partial charge on any atom is 0.245 e. The van der Waals surface area contributed by atoms with E-state index in [1.807, 2.05) is 4.90 Å². The Hall–Kier alpha value is -0.790. The van der Waals surface area contributed by atoms with Gasteiger partial charge < -0.3 is 4.90 Å². The largest absolute Gasteiger partial charge is 0.339 e. The molecule has 0 saturated carbocycles. The van der Waals surface area contributed by atoms with Crippen molar-refractivity contribution in [1.82, 2.24) is 4.90 Å². The third-order valence-electron chi connectivity index (χ3n) is 2.80. The van der Waals surface area contributed by atoms with E-state index in [9.17, 15) is 4.79 Å². The van der Waals surface area contributed by atoms with Crippen molar-refractivity contribution in [3.63, 3.8) is 0 Å². The van der Waals surface area contributed by atoms with E-state index in [4.69, 9.17) is 0 Å². The minimum Gasteiger partial charge on any atom is -0.339 e. The Labute approximate surface area is 80.6 Å². The van der Waals surface area contributed by atoms with Gasteiger partial charge in [-0.25, -0.2) is 0 Å². The van der Waals surface area contributed by atoms with E-state index >= 15 is 0 Å². The van der Waals surface area contributed by atoms with Gasteiger partial charge in [0.25, 0.3) is 0 Å². The molecule has 0 N–H and O–H groups in total. The molecule has 0 atom stereocenters. The summed E-state index contributed by atoms with van der Waals surface area (Å²) >= 11 is 0. The zero-order chi connectivity index (χ0) is 9.68. The van der Waals surface area contributed by atoms with Crippen molar-refractivity contribution in [3.05, 3.63) is 12.7 Å². The Kier molecular flexibility index (Phi) is 4.00. The molecule has 0 spiro atoms. The Bertz CT molecular complexity index is 181. The SMILES string of the molecule is C=CC(=O)N1CCC(CCC)CC1.